The van der Waals surface area contributed by atoms with Gasteiger partial charge in [-0.2, -0.15) is 0 Å². The van der Waals surface area contributed by atoms with E-state index in [1.165, 1.54) is 37.6 Å². The molecule has 1 atom stereocenters. The minimum atomic E-state index is -3.28. The summed E-state index contributed by atoms with van der Waals surface area (Å²) in [5, 5.41) is 0. The molecule has 0 N–H and O–H groups in total. The molecule has 0 radical (unpaired) electrons. The van der Waals surface area contributed by atoms with E-state index in [0.717, 1.165) is 36.4 Å². The van der Waals surface area contributed by atoms with E-state index in [9.17, 15) is 8.42 Å². The average Bonchev–Trinajstić information content (AvgIpc) is 3.34. The van der Waals surface area contributed by atoms with Crippen LogP contribution in [0, 0.1) is 0 Å². The van der Waals surface area contributed by atoms with Crippen LogP contribution in [0.5, 0.6) is 0 Å². The Morgan fingerprint density at radius 2 is 1.69 bits per heavy atom. The maximum absolute atomic E-state index is 12.2. The number of hydrogen-bond acceptors (Lipinski definition) is 5. The monoisotopic (exact) mass is 496 g/mol. The second kappa shape index (κ2) is 9.98. The second-order valence-electron chi connectivity index (χ2n) is 10.4. The number of unbranched alkanes of at least 4 members (excludes halogenated alkanes) is 2. The third-order valence-electron chi connectivity index (χ3n) is 7.62. The zero-order valence-corrected chi connectivity index (χ0v) is 22.7. The van der Waals surface area contributed by atoms with Gasteiger partial charge >= 0.3 is 0 Å². The maximum atomic E-state index is 12.2. The number of benzene rings is 2. The first-order valence-electron chi connectivity index (χ1n) is 12.9. The van der Waals surface area contributed by atoms with Crippen molar-refractivity contribution in [2.45, 2.75) is 69.4 Å². The van der Waals surface area contributed by atoms with E-state index >= 15 is 0 Å². The summed E-state index contributed by atoms with van der Waals surface area (Å²) in [6.07, 6.45) is 10.4. The number of ether oxygens (including phenoxy) is 1. The first-order valence-corrected chi connectivity index (χ1v) is 14.8. The van der Waals surface area contributed by atoms with Crippen molar-refractivity contribution in [1.29, 1.82) is 0 Å². The van der Waals surface area contributed by atoms with Gasteiger partial charge in [0.2, 0.25) is 0 Å². The molecule has 2 aliphatic heterocycles. The normalized spacial score (nSPS) is 20.9. The van der Waals surface area contributed by atoms with Crippen LogP contribution in [0.3, 0.4) is 0 Å². The fourth-order valence-corrected chi connectivity index (χ4v) is 6.10. The van der Waals surface area contributed by atoms with E-state index in [1.54, 1.807) is 6.07 Å². The minimum Gasteiger partial charge on any atom is -0.372 e. The SMILES string of the molecule is CCCCN(CCCC)c1ccc(/C=C/C23OCCN2c2ccc(S(C)(=O)=O)cc2C3(C)C)cc1. The van der Waals surface area contributed by atoms with Crippen LogP contribution >= 0.6 is 0 Å². The molecule has 2 aromatic carbocycles. The van der Waals surface area contributed by atoms with Gasteiger partial charge in [0.15, 0.2) is 15.6 Å². The van der Waals surface area contributed by atoms with Gasteiger partial charge in [0.05, 0.1) is 11.5 Å². The molecule has 2 aromatic rings. The van der Waals surface area contributed by atoms with Crippen LogP contribution in [-0.2, 0) is 20.0 Å². The van der Waals surface area contributed by atoms with Crippen molar-refractivity contribution in [3.8, 4) is 0 Å². The lowest BCUT2D eigenvalue weighted by Crippen LogP contribution is -2.51. The van der Waals surface area contributed by atoms with Crippen LogP contribution in [-0.4, -0.2) is 46.6 Å². The summed E-state index contributed by atoms with van der Waals surface area (Å²) in [7, 11) is -3.28. The van der Waals surface area contributed by atoms with E-state index < -0.39 is 21.0 Å². The van der Waals surface area contributed by atoms with Gasteiger partial charge in [-0.15, -0.1) is 0 Å². The molecule has 0 saturated carbocycles. The number of rotatable bonds is 10. The lowest BCUT2D eigenvalue weighted by Gasteiger charge is -2.39. The highest BCUT2D eigenvalue weighted by molar-refractivity contribution is 7.90. The van der Waals surface area contributed by atoms with Gasteiger partial charge in [0.1, 0.15) is 0 Å². The number of nitrogens with zero attached hydrogens (tertiary/aromatic N) is 2. The van der Waals surface area contributed by atoms with Gasteiger partial charge in [-0.05, 0) is 60.4 Å². The van der Waals surface area contributed by atoms with Crippen molar-refractivity contribution in [3.05, 3.63) is 59.7 Å². The summed E-state index contributed by atoms with van der Waals surface area (Å²) in [5.41, 5.74) is 3.44. The Bertz CT molecular complexity index is 1160. The molecule has 0 amide bonds. The molecular formula is C29H40N2O3S. The van der Waals surface area contributed by atoms with Crippen LogP contribution in [0.25, 0.3) is 6.08 Å². The van der Waals surface area contributed by atoms with Crippen molar-refractivity contribution in [2.75, 3.05) is 42.3 Å². The van der Waals surface area contributed by atoms with Gasteiger partial charge < -0.3 is 14.5 Å². The standard InChI is InChI=1S/C29H40N2O3S/c1-6-8-18-30(19-9-7-2)24-12-10-23(11-13-24)16-17-29-28(3,4)26-22-25(35(5,32)33)14-15-27(26)31(29)20-21-34-29/h10-17,22H,6-9,18-21H2,1-5H3/b17-16+. The highest BCUT2D eigenvalue weighted by Gasteiger charge is 2.59. The van der Waals surface area contributed by atoms with Crippen LogP contribution in [0.1, 0.15) is 64.5 Å². The smallest absolute Gasteiger partial charge is 0.175 e. The lowest BCUT2D eigenvalue weighted by molar-refractivity contribution is 0.000294. The molecule has 35 heavy (non-hydrogen) atoms. The highest BCUT2D eigenvalue weighted by atomic mass is 32.2. The Kier molecular flexibility index (Phi) is 7.35. The highest BCUT2D eigenvalue weighted by Crippen LogP contribution is 2.55. The molecule has 0 bridgehead atoms. The summed E-state index contributed by atoms with van der Waals surface area (Å²) in [6.45, 7) is 12.4. The van der Waals surface area contributed by atoms with Gasteiger partial charge in [-0.3, -0.25) is 0 Å². The molecule has 190 valence electrons. The van der Waals surface area contributed by atoms with Gasteiger partial charge in [0, 0.05) is 42.7 Å². The van der Waals surface area contributed by atoms with Crippen molar-refractivity contribution in [1.82, 2.24) is 0 Å². The Morgan fingerprint density at radius 3 is 2.29 bits per heavy atom. The molecular weight excluding hydrogens is 456 g/mol. The van der Waals surface area contributed by atoms with Crippen LogP contribution in [0.4, 0.5) is 11.4 Å². The molecule has 1 fully saturated rings. The van der Waals surface area contributed by atoms with E-state index in [0.29, 0.717) is 11.5 Å². The van der Waals surface area contributed by atoms with E-state index in [4.69, 9.17) is 4.74 Å². The first-order chi connectivity index (χ1) is 16.6. The van der Waals surface area contributed by atoms with Crippen LogP contribution in [0.15, 0.2) is 53.4 Å². The maximum Gasteiger partial charge on any atom is 0.175 e. The zero-order valence-electron chi connectivity index (χ0n) is 21.9. The topological polar surface area (TPSA) is 49.9 Å². The molecule has 0 aliphatic carbocycles. The third kappa shape index (κ3) is 4.75. The second-order valence-corrected chi connectivity index (χ2v) is 12.4. The summed E-state index contributed by atoms with van der Waals surface area (Å²) in [5.74, 6) is 0. The van der Waals surface area contributed by atoms with E-state index in [-0.39, 0.29) is 0 Å². The van der Waals surface area contributed by atoms with Crippen molar-refractivity contribution in [2.24, 2.45) is 0 Å². The lowest BCUT2D eigenvalue weighted by atomic mass is 9.77. The molecule has 4 rings (SSSR count). The molecule has 2 heterocycles. The summed E-state index contributed by atoms with van der Waals surface area (Å²) >= 11 is 0. The van der Waals surface area contributed by atoms with Crippen LogP contribution in [0.2, 0.25) is 0 Å². The molecule has 1 unspecified atom stereocenters. The van der Waals surface area contributed by atoms with Crippen molar-refractivity contribution >= 4 is 27.3 Å². The fourth-order valence-electron chi connectivity index (χ4n) is 5.45. The average molecular weight is 497 g/mol. The predicted octanol–water partition coefficient (Wildman–Crippen LogP) is 6.03. The van der Waals surface area contributed by atoms with Gasteiger partial charge in [0.25, 0.3) is 0 Å². The summed E-state index contributed by atoms with van der Waals surface area (Å²) in [4.78, 5) is 5.14. The van der Waals surface area contributed by atoms with Crippen molar-refractivity contribution < 1.29 is 13.2 Å². The Labute approximate surface area is 211 Å². The van der Waals surface area contributed by atoms with E-state index in [1.807, 2.05) is 12.1 Å². The molecule has 6 heteroatoms. The van der Waals surface area contributed by atoms with Crippen LogP contribution < -0.4 is 9.80 Å². The zero-order chi connectivity index (χ0) is 25.3. The third-order valence-corrected chi connectivity index (χ3v) is 8.73. The van der Waals surface area contributed by atoms with E-state index in [2.05, 4.69) is 73.9 Å². The Hall–Kier alpha value is -2.31. The largest absolute Gasteiger partial charge is 0.372 e. The number of hydrogen-bond donors (Lipinski definition) is 0. The van der Waals surface area contributed by atoms with Gasteiger partial charge in [-0.1, -0.05) is 58.7 Å². The molecule has 2 aliphatic rings. The number of sulfone groups is 1. The molecule has 0 aromatic heterocycles. The summed E-state index contributed by atoms with van der Waals surface area (Å²) in [6, 6.07) is 14.3. The molecule has 1 saturated heterocycles. The quantitative estimate of drug-likeness (QED) is 0.402. The Morgan fingerprint density at radius 1 is 1.03 bits per heavy atom. The predicted molar refractivity (Wildman–Crippen MR) is 146 cm³/mol. The molecule has 0 spiro atoms. The van der Waals surface area contributed by atoms with Crippen molar-refractivity contribution in [3.63, 3.8) is 0 Å². The van der Waals surface area contributed by atoms with Gasteiger partial charge in [-0.25, -0.2) is 8.42 Å². The Balaban J connectivity index is 1.61. The molecule has 5 nitrogen and oxygen atoms in total. The first kappa shape index (κ1) is 25.8. The minimum absolute atomic E-state index is 0.357. The number of fused-ring (bicyclic) bond motifs is 3. The number of anilines is 2. The fraction of sp³-hybridized carbons (Fsp3) is 0.517. The summed E-state index contributed by atoms with van der Waals surface area (Å²) < 4.78 is 30.9.